The van der Waals surface area contributed by atoms with E-state index in [-0.39, 0.29) is 5.91 Å². The predicted octanol–water partition coefficient (Wildman–Crippen LogP) is 0.510. The maximum absolute atomic E-state index is 11.2. The van der Waals surface area contributed by atoms with E-state index >= 15 is 0 Å². The van der Waals surface area contributed by atoms with Gasteiger partial charge < -0.3 is 10.6 Å². The molecule has 1 amide bonds. The molecule has 0 spiro atoms. The summed E-state index contributed by atoms with van der Waals surface area (Å²) in [6, 6.07) is 0. The van der Waals surface area contributed by atoms with Crippen LogP contribution in [0, 0.1) is 0 Å². The highest BCUT2D eigenvalue weighted by molar-refractivity contribution is 7.11. The first-order valence-electron chi connectivity index (χ1n) is 5.68. The summed E-state index contributed by atoms with van der Waals surface area (Å²) >= 11 is 1.81. The Morgan fingerprint density at radius 3 is 3.12 bits per heavy atom. The normalized spacial score (nSPS) is 13.8. The number of hydrogen-bond donors (Lipinski definition) is 2. The summed E-state index contributed by atoms with van der Waals surface area (Å²) in [6.07, 6.45) is 4.44. The zero-order valence-corrected chi connectivity index (χ0v) is 10.3. The van der Waals surface area contributed by atoms with Crippen molar-refractivity contribution in [3.63, 3.8) is 0 Å². The van der Waals surface area contributed by atoms with E-state index < -0.39 is 0 Å². The third-order valence-corrected chi connectivity index (χ3v) is 3.86. The first-order valence-corrected chi connectivity index (χ1v) is 6.50. The van der Waals surface area contributed by atoms with Crippen LogP contribution in [0.4, 0.5) is 0 Å². The van der Waals surface area contributed by atoms with E-state index in [4.69, 9.17) is 0 Å². The summed E-state index contributed by atoms with van der Waals surface area (Å²) < 4.78 is 0. The number of thiazole rings is 1. The standard InChI is InChI=1S/C11H17N3OS/c1-12-7-10(15)13-6-5-11-14-8-3-2-4-9(8)16-11/h12H,2-7H2,1H3,(H,13,15). The monoisotopic (exact) mass is 239 g/mol. The van der Waals surface area contributed by atoms with Gasteiger partial charge in [0.05, 0.1) is 17.2 Å². The van der Waals surface area contributed by atoms with Gasteiger partial charge in [0.25, 0.3) is 0 Å². The van der Waals surface area contributed by atoms with Gasteiger partial charge in [0.15, 0.2) is 0 Å². The Labute approximate surface area is 99.5 Å². The van der Waals surface area contributed by atoms with Crippen LogP contribution in [0.15, 0.2) is 0 Å². The number of nitrogens with zero attached hydrogens (tertiary/aromatic N) is 1. The molecule has 0 radical (unpaired) electrons. The molecule has 0 atom stereocenters. The molecule has 1 heterocycles. The molecule has 0 saturated heterocycles. The van der Waals surface area contributed by atoms with E-state index in [9.17, 15) is 4.79 Å². The van der Waals surface area contributed by atoms with Gasteiger partial charge in [-0.25, -0.2) is 4.98 Å². The Morgan fingerprint density at radius 2 is 2.38 bits per heavy atom. The second-order valence-electron chi connectivity index (χ2n) is 3.96. The van der Waals surface area contributed by atoms with Crippen molar-refractivity contribution in [2.75, 3.05) is 20.1 Å². The van der Waals surface area contributed by atoms with Crippen molar-refractivity contribution < 1.29 is 4.79 Å². The van der Waals surface area contributed by atoms with Gasteiger partial charge in [0, 0.05) is 17.8 Å². The smallest absolute Gasteiger partial charge is 0.233 e. The van der Waals surface area contributed by atoms with Gasteiger partial charge in [-0.1, -0.05) is 0 Å². The molecule has 2 N–H and O–H groups in total. The number of aromatic nitrogens is 1. The van der Waals surface area contributed by atoms with Crippen molar-refractivity contribution in [3.8, 4) is 0 Å². The molecule has 0 aromatic carbocycles. The first kappa shape index (κ1) is 11.5. The Hall–Kier alpha value is -0.940. The van der Waals surface area contributed by atoms with Crippen LogP contribution in [0.2, 0.25) is 0 Å². The van der Waals surface area contributed by atoms with E-state index in [1.165, 1.54) is 23.4 Å². The van der Waals surface area contributed by atoms with Crippen molar-refractivity contribution >= 4 is 17.2 Å². The Kier molecular flexibility index (Phi) is 3.90. The molecule has 1 aromatic heterocycles. The molecule has 0 aliphatic heterocycles. The lowest BCUT2D eigenvalue weighted by molar-refractivity contribution is -0.120. The van der Waals surface area contributed by atoms with Crippen LogP contribution < -0.4 is 10.6 Å². The molecule has 0 saturated carbocycles. The van der Waals surface area contributed by atoms with Gasteiger partial charge in [-0.05, 0) is 26.3 Å². The SMILES string of the molecule is CNCC(=O)NCCc1nc2c(s1)CCC2. The summed E-state index contributed by atoms with van der Waals surface area (Å²) in [5.74, 6) is 0.0478. The molecule has 0 bridgehead atoms. The highest BCUT2D eigenvalue weighted by Gasteiger charge is 2.16. The second kappa shape index (κ2) is 5.41. The zero-order chi connectivity index (χ0) is 11.4. The molecule has 4 nitrogen and oxygen atoms in total. The lowest BCUT2D eigenvalue weighted by Crippen LogP contribution is -2.33. The molecule has 16 heavy (non-hydrogen) atoms. The topological polar surface area (TPSA) is 54.0 Å². The molecule has 1 aliphatic rings. The molecular formula is C11H17N3OS. The number of amides is 1. The third-order valence-electron chi connectivity index (χ3n) is 2.64. The van der Waals surface area contributed by atoms with Gasteiger partial charge in [0.1, 0.15) is 0 Å². The molecule has 2 rings (SSSR count). The van der Waals surface area contributed by atoms with Crippen LogP contribution in [0.25, 0.3) is 0 Å². The van der Waals surface area contributed by atoms with Crippen molar-refractivity contribution in [1.29, 1.82) is 0 Å². The lowest BCUT2D eigenvalue weighted by Gasteiger charge is -2.02. The average molecular weight is 239 g/mol. The maximum Gasteiger partial charge on any atom is 0.233 e. The van der Waals surface area contributed by atoms with Crippen molar-refractivity contribution in [3.05, 3.63) is 15.6 Å². The van der Waals surface area contributed by atoms with Crippen LogP contribution in [0.5, 0.6) is 0 Å². The number of carbonyl (C=O) groups is 1. The zero-order valence-electron chi connectivity index (χ0n) is 9.51. The number of hydrogen-bond acceptors (Lipinski definition) is 4. The van der Waals surface area contributed by atoms with Gasteiger partial charge in [-0.2, -0.15) is 0 Å². The largest absolute Gasteiger partial charge is 0.355 e. The molecule has 1 aromatic rings. The van der Waals surface area contributed by atoms with E-state index in [0.717, 1.165) is 17.8 Å². The maximum atomic E-state index is 11.2. The van der Waals surface area contributed by atoms with Gasteiger partial charge in [-0.3, -0.25) is 4.79 Å². The highest BCUT2D eigenvalue weighted by atomic mass is 32.1. The minimum Gasteiger partial charge on any atom is -0.355 e. The number of fused-ring (bicyclic) bond motifs is 1. The third kappa shape index (κ3) is 2.80. The number of aryl methyl sites for hydroxylation is 2. The fraction of sp³-hybridized carbons (Fsp3) is 0.636. The summed E-state index contributed by atoms with van der Waals surface area (Å²) in [4.78, 5) is 17.2. The Bertz CT molecular complexity index is 354. The van der Waals surface area contributed by atoms with E-state index in [1.54, 1.807) is 7.05 Å². The minimum absolute atomic E-state index is 0.0478. The van der Waals surface area contributed by atoms with Gasteiger partial charge in [-0.15, -0.1) is 11.3 Å². The molecule has 88 valence electrons. The van der Waals surface area contributed by atoms with Crippen LogP contribution in [-0.4, -0.2) is 31.0 Å². The lowest BCUT2D eigenvalue weighted by atomic mass is 10.3. The van der Waals surface area contributed by atoms with Crippen LogP contribution in [-0.2, 0) is 24.1 Å². The molecular weight excluding hydrogens is 222 g/mol. The van der Waals surface area contributed by atoms with Crippen LogP contribution in [0.1, 0.15) is 22.0 Å². The predicted molar refractivity (Wildman–Crippen MR) is 64.8 cm³/mol. The minimum atomic E-state index is 0.0478. The van der Waals surface area contributed by atoms with Crippen molar-refractivity contribution in [2.24, 2.45) is 0 Å². The van der Waals surface area contributed by atoms with Crippen molar-refractivity contribution in [1.82, 2.24) is 15.6 Å². The Balaban J connectivity index is 1.75. The van der Waals surface area contributed by atoms with Crippen molar-refractivity contribution in [2.45, 2.75) is 25.7 Å². The van der Waals surface area contributed by atoms with E-state index in [1.807, 2.05) is 11.3 Å². The van der Waals surface area contributed by atoms with Gasteiger partial charge in [0.2, 0.25) is 5.91 Å². The fourth-order valence-electron chi connectivity index (χ4n) is 1.88. The molecule has 1 aliphatic carbocycles. The fourth-order valence-corrected chi connectivity index (χ4v) is 3.04. The number of carbonyl (C=O) groups excluding carboxylic acids is 1. The van der Waals surface area contributed by atoms with E-state index in [0.29, 0.717) is 13.1 Å². The molecule has 5 heteroatoms. The summed E-state index contributed by atoms with van der Waals surface area (Å²) in [5.41, 5.74) is 1.29. The van der Waals surface area contributed by atoms with Gasteiger partial charge >= 0.3 is 0 Å². The first-order chi connectivity index (χ1) is 7.79. The van der Waals surface area contributed by atoms with E-state index in [2.05, 4.69) is 15.6 Å². The van der Waals surface area contributed by atoms with Crippen LogP contribution in [0.3, 0.4) is 0 Å². The quantitative estimate of drug-likeness (QED) is 0.787. The summed E-state index contributed by atoms with van der Waals surface area (Å²) in [5, 5.41) is 6.85. The summed E-state index contributed by atoms with van der Waals surface area (Å²) in [6.45, 7) is 1.07. The Morgan fingerprint density at radius 1 is 1.50 bits per heavy atom. The molecule has 0 unspecified atom stereocenters. The second-order valence-corrected chi connectivity index (χ2v) is 5.13. The van der Waals surface area contributed by atoms with Crippen LogP contribution >= 0.6 is 11.3 Å². The summed E-state index contributed by atoms with van der Waals surface area (Å²) in [7, 11) is 1.77. The number of nitrogens with one attached hydrogen (secondary N) is 2. The highest BCUT2D eigenvalue weighted by Crippen LogP contribution is 2.27. The number of likely N-dealkylation sites (N-methyl/N-ethyl adjacent to an activating group) is 1. The molecule has 0 fully saturated rings. The number of rotatable bonds is 5. The average Bonchev–Trinajstić information content (AvgIpc) is 2.78.